The van der Waals surface area contributed by atoms with Crippen molar-refractivity contribution < 1.29 is 4.39 Å². The second kappa shape index (κ2) is 6.91. The van der Waals surface area contributed by atoms with Crippen LogP contribution in [0.15, 0.2) is 54.6 Å². The number of hydrogen-bond acceptors (Lipinski definition) is 0. The molecule has 114 valence electrons. The first-order valence-electron chi connectivity index (χ1n) is 8.25. The number of aryl methyl sites for hydroxylation is 1. The summed E-state index contributed by atoms with van der Waals surface area (Å²) in [4.78, 5) is 0. The quantitative estimate of drug-likeness (QED) is 0.611. The molecule has 0 saturated heterocycles. The minimum atomic E-state index is -0.175. The summed E-state index contributed by atoms with van der Waals surface area (Å²) in [6.07, 6.45) is 10.6. The maximum atomic E-state index is 13.0. The number of fused-ring (bicyclic) bond motifs is 1. The van der Waals surface area contributed by atoms with Crippen LogP contribution >= 0.6 is 0 Å². The lowest BCUT2D eigenvalue weighted by molar-refractivity contribution is 0.430. The van der Waals surface area contributed by atoms with Crippen LogP contribution in [0.2, 0.25) is 0 Å². The van der Waals surface area contributed by atoms with E-state index in [2.05, 4.69) is 37.3 Å². The SMILES string of the molecule is C/C=C/CCC1CCc2cc(-c3ccc(F)cc3)ccc2C1. The molecule has 0 bridgehead atoms. The summed E-state index contributed by atoms with van der Waals surface area (Å²) in [5.74, 6) is 0.644. The molecule has 0 nitrogen and oxygen atoms in total. The maximum absolute atomic E-state index is 13.0. The smallest absolute Gasteiger partial charge is 0.123 e. The number of halogens is 1. The molecule has 1 aliphatic carbocycles. The van der Waals surface area contributed by atoms with Crippen molar-refractivity contribution in [3.63, 3.8) is 0 Å². The van der Waals surface area contributed by atoms with Crippen LogP contribution in [-0.4, -0.2) is 0 Å². The summed E-state index contributed by atoms with van der Waals surface area (Å²) in [6, 6.07) is 13.5. The van der Waals surface area contributed by atoms with Gasteiger partial charge in [0.1, 0.15) is 5.82 Å². The second-order valence-electron chi connectivity index (χ2n) is 6.25. The first-order valence-corrected chi connectivity index (χ1v) is 8.25. The van der Waals surface area contributed by atoms with Gasteiger partial charge in [-0.1, -0.05) is 42.5 Å². The molecule has 0 spiro atoms. The van der Waals surface area contributed by atoms with Crippen LogP contribution in [0, 0.1) is 11.7 Å². The second-order valence-corrected chi connectivity index (χ2v) is 6.25. The fourth-order valence-corrected chi connectivity index (χ4v) is 3.40. The topological polar surface area (TPSA) is 0 Å². The van der Waals surface area contributed by atoms with Crippen LogP contribution in [0.3, 0.4) is 0 Å². The highest BCUT2D eigenvalue weighted by molar-refractivity contribution is 5.65. The molecule has 0 amide bonds. The Labute approximate surface area is 132 Å². The molecule has 1 heteroatoms. The summed E-state index contributed by atoms with van der Waals surface area (Å²) >= 11 is 0. The van der Waals surface area contributed by atoms with Gasteiger partial charge in [-0.2, -0.15) is 0 Å². The lowest BCUT2D eigenvalue weighted by Gasteiger charge is -2.25. The van der Waals surface area contributed by atoms with Crippen molar-refractivity contribution >= 4 is 0 Å². The van der Waals surface area contributed by atoms with Gasteiger partial charge < -0.3 is 0 Å². The van der Waals surface area contributed by atoms with Crippen molar-refractivity contribution in [1.29, 1.82) is 0 Å². The number of rotatable bonds is 4. The summed E-state index contributed by atoms with van der Waals surface area (Å²) in [5, 5.41) is 0. The third-order valence-electron chi connectivity index (χ3n) is 4.69. The van der Waals surface area contributed by atoms with E-state index in [4.69, 9.17) is 0 Å². The van der Waals surface area contributed by atoms with Gasteiger partial charge in [0.05, 0.1) is 0 Å². The van der Waals surface area contributed by atoms with E-state index < -0.39 is 0 Å². The zero-order valence-corrected chi connectivity index (χ0v) is 13.2. The Bertz CT molecular complexity index is 652. The predicted octanol–water partition coefficient (Wildman–Crippen LogP) is 5.95. The van der Waals surface area contributed by atoms with Crippen molar-refractivity contribution in [2.75, 3.05) is 0 Å². The third-order valence-corrected chi connectivity index (χ3v) is 4.69. The zero-order chi connectivity index (χ0) is 15.4. The Morgan fingerprint density at radius 2 is 1.82 bits per heavy atom. The number of allylic oxidation sites excluding steroid dienone is 2. The Kier molecular flexibility index (Phi) is 4.72. The van der Waals surface area contributed by atoms with Gasteiger partial charge in [-0.25, -0.2) is 4.39 Å². The predicted molar refractivity (Wildman–Crippen MR) is 91.4 cm³/mol. The van der Waals surface area contributed by atoms with E-state index in [0.29, 0.717) is 0 Å². The number of benzene rings is 2. The molecule has 1 unspecified atom stereocenters. The fourth-order valence-electron chi connectivity index (χ4n) is 3.40. The molecule has 2 aromatic rings. The molecule has 1 atom stereocenters. The third kappa shape index (κ3) is 3.47. The van der Waals surface area contributed by atoms with Crippen LogP contribution in [0.4, 0.5) is 4.39 Å². The van der Waals surface area contributed by atoms with Crippen LogP contribution < -0.4 is 0 Å². The molecule has 1 aliphatic rings. The normalized spacial score (nSPS) is 17.6. The van der Waals surface area contributed by atoms with E-state index in [1.54, 1.807) is 0 Å². The van der Waals surface area contributed by atoms with Gasteiger partial charge >= 0.3 is 0 Å². The number of hydrogen-bond donors (Lipinski definition) is 0. The van der Waals surface area contributed by atoms with Crippen LogP contribution in [0.1, 0.15) is 37.3 Å². The lowest BCUT2D eigenvalue weighted by Crippen LogP contribution is -2.14. The first-order chi connectivity index (χ1) is 10.8. The highest BCUT2D eigenvalue weighted by atomic mass is 19.1. The summed E-state index contributed by atoms with van der Waals surface area (Å²) in [6.45, 7) is 2.09. The average molecular weight is 294 g/mol. The van der Waals surface area contributed by atoms with Crippen molar-refractivity contribution in [3.8, 4) is 11.1 Å². The highest BCUT2D eigenvalue weighted by Crippen LogP contribution is 2.31. The van der Waals surface area contributed by atoms with Gasteiger partial charge in [-0.3, -0.25) is 0 Å². The largest absolute Gasteiger partial charge is 0.207 e. The minimum Gasteiger partial charge on any atom is -0.207 e. The van der Waals surface area contributed by atoms with E-state index in [1.165, 1.54) is 60.9 Å². The van der Waals surface area contributed by atoms with Crippen molar-refractivity contribution in [2.24, 2.45) is 5.92 Å². The Balaban J connectivity index is 1.74. The summed E-state index contributed by atoms with van der Waals surface area (Å²) < 4.78 is 13.0. The molecular weight excluding hydrogens is 271 g/mol. The molecule has 0 fully saturated rings. The van der Waals surface area contributed by atoms with E-state index in [-0.39, 0.29) is 5.82 Å². The highest BCUT2D eigenvalue weighted by Gasteiger charge is 2.18. The Morgan fingerprint density at radius 1 is 1.05 bits per heavy atom. The summed E-state index contributed by atoms with van der Waals surface area (Å²) in [5.41, 5.74) is 5.28. The Morgan fingerprint density at radius 3 is 2.59 bits per heavy atom. The molecule has 2 aromatic carbocycles. The van der Waals surface area contributed by atoms with E-state index in [9.17, 15) is 4.39 Å². The molecule has 3 rings (SSSR count). The molecule has 22 heavy (non-hydrogen) atoms. The van der Waals surface area contributed by atoms with Crippen LogP contribution in [0.25, 0.3) is 11.1 Å². The van der Waals surface area contributed by atoms with Crippen molar-refractivity contribution in [1.82, 2.24) is 0 Å². The van der Waals surface area contributed by atoms with Gasteiger partial charge in [0, 0.05) is 0 Å². The van der Waals surface area contributed by atoms with Gasteiger partial charge in [0.2, 0.25) is 0 Å². The van der Waals surface area contributed by atoms with Crippen molar-refractivity contribution in [2.45, 2.75) is 39.0 Å². The van der Waals surface area contributed by atoms with E-state index >= 15 is 0 Å². The van der Waals surface area contributed by atoms with E-state index in [0.717, 1.165) is 11.5 Å². The summed E-state index contributed by atoms with van der Waals surface area (Å²) in [7, 11) is 0. The minimum absolute atomic E-state index is 0.175. The molecule has 0 saturated carbocycles. The molecule has 0 aromatic heterocycles. The lowest BCUT2D eigenvalue weighted by atomic mass is 9.80. The van der Waals surface area contributed by atoms with Gasteiger partial charge in [-0.05, 0) is 79.3 Å². The average Bonchev–Trinajstić information content (AvgIpc) is 2.55. The first kappa shape index (κ1) is 15.0. The molecule has 0 heterocycles. The molecule has 0 radical (unpaired) electrons. The van der Waals surface area contributed by atoms with Gasteiger partial charge in [-0.15, -0.1) is 0 Å². The van der Waals surface area contributed by atoms with Crippen LogP contribution in [0.5, 0.6) is 0 Å². The standard InChI is InChI=1S/C21H23F/c1-2-3-4-5-16-6-7-20-15-19(9-8-18(20)14-16)17-10-12-21(22)13-11-17/h2-3,8-13,15-16H,4-7,14H2,1H3/b3-2+. The van der Waals surface area contributed by atoms with Gasteiger partial charge in [0.25, 0.3) is 0 Å². The van der Waals surface area contributed by atoms with Gasteiger partial charge in [0.15, 0.2) is 0 Å². The maximum Gasteiger partial charge on any atom is 0.123 e. The molecular formula is C21H23F. The molecule has 0 N–H and O–H groups in total. The van der Waals surface area contributed by atoms with Crippen molar-refractivity contribution in [3.05, 3.63) is 71.6 Å². The fraction of sp³-hybridized carbons (Fsp3) is 0.333. The molecule has 0 aliphatic heterocycles. The van der Waals surface area contributed by atoms with E-state index in [1.807, 2.05) is 12.1 Å². The Hall–Kier alpha value is -1.89. The van der Waals surface area contributed by atoms with Crippen LogP contribution in [-0.2, 0) is 12.8 Å². The monoisotopic (exact) mass is 294 g/mol. The zero-order valence-electron chi connectivity index (χ0n) is 13.2.